The van der Waals surface area contributed by atoms with E-state index in [1.807, 2.05) is 0 Å². The molecule has 3 atom stereocenters. The standard InChI is InChI=1S/C10H18O/c1-8-4-5-9-3-2-6-10(8,11)7-9/h8-9,11H,2-7H2,1H3/t8?,9-,10+/m0/s1. The zero-order valence-corrected chi connectivity index (χ0v) is 7.34. The fraction of sp³-hybridized carbons (Fsp3) is 1.00. The summed E-state index contributed by atoms with van der Waals surface area (Å²) in [6.45, 7) is 2.21. The molecule has 1 N–H and O–H groups in total. The summed E-state index contributed by atoms with van der Waals surface area (Å²) in [4.78, 5) is 0. The second kappa shape index (κ2) is 2.48. The van der Waals surface area contributed by atoms with Gasteiger partial charge in [-0.05, 0) is 37.5 Å². The van der Waals surface area contributed by atoms with Crippen LogP contribution in [-0.2, 0) is 0 Å². The van der Waals surface area contributed by atoms with Crippen molar-refractivity contribution in [1.82, 2.24) is 0 Å². The van der Waals surface area contributed by atoms with Gasteiger partial charge in [-0.25, -0.2) is 0 Å². The Morgan fingerprint density at radius 3 is 2.82 bits per heavy atom. The molecule has 0 aromatic rings. The van der Waals surface area contributed by atoms with Crippen LogP contribution in [0, 0.1) is 11.8 Å². The fourth-order valence-corrected chi connectivity index (χ4v) is 2.85. The lowest BCUT2D eigenvalue weighted by atomic mass is 9.64. The van der Waals surface area contributed by atoms with Crippen molar-refractivity contribution in [3.05, 3.63) is 0 Å². The molecule has 0 heterocycles. The van der Waals surface area contributed by atoms with Gasteiger partial charge in [-0.1, -0.05) is 19.8 Å². The molecule has 11 heavy (non-hydrogen) atoms. The first-order valence-corrected chi connectivity index (χ1v) is 4.93. The molecule has 0 aromatic carbocycles. The summed E-state index contributed by atoms with van der Waals surface area (Å²) in [5, 5.41) is 10.2. The quantitative estimate of drug-likeness (QED) is 0.568. The van der Waals surface area contributed by atoms with Crippen molar-refractivity contribution >= 4 is 0 Å². The molecule has 0 saturated heterocycles. The van der Waals surface area contributed by atoms with Gasteiger partial charge in [0.15, 0.2) is 0 Å². The van der Waals surface area contributed by atoms with E-state index in [2.05, 4.69) is 6.92 Å². The molecule has 1 nitrogen and oxygen atoms in total. The molecule has 0 radical (unpaired) electrons. The minimum Gasteiger partial charge on any atom is -0.390 e. The average Bonchev–Trinajstić information content (AvgIpc) is 1.98. The van der Waals surface area contributed by atoms with Crippen LogP contribution in [0.1, 0.15) is 45.4 Å². The lowest BCUT2D eigenvalue weighted by Crippen LogP contribution is -2.44. The summed E-state index contributed by atoms with van der Waals surface area (Å²) in [6.07, 6.45) is 7.39. The first-order chi connectivity index (χ1) is 5.21. The van der Waals surface area contributed by atoms with Gasteiger partial charge >= 0.3 is 0 Å². The van der Waals surface area contributed by atoms with Gasteiger partial charge < -0.3 is 5.11 Å². The molecular weight excluding hydrogens is 136 g/mol. The van der Waals surface area contributed by atoms with Gasteiger partial charge in [-0.2, -0.15) is 0 Å². The van der Waals surface area contributed by atoms with Crippen LogP contribution in [0.2, 0.25) is 0 Å². The average molecular weight is 154 g/mol. The summed E-state index contributed by atoms with van der Waals surface area (Å²) in [5.74, 6) is 1.41. The highest BCUT2D eigenvalue weighted by atomic mass is 16.3. The number of hydrogen-bond donors (Lipinski definition) is 1. The lowest BCUT2D eigenvalue weighted by molar-refractivity contribution is -0.0866. The summed E-state index contributed by atoms with van der Waals surface area (Å²) in [5.41, 5.74) is -0.263. The molecular formula is C10H18O. The zero-order chi connectivity index (χ0) is 7.90. The fourth-order valence-electron chi connectivity index (χ4n) is 2.85. The minimum atomic E-state index is -0.263. The Balaban J connectivity index is 2.13. The van der Waals surface area contributed by atoms with Crippen LogP contribution in [0.3, 0.4) is 0 Å². The Kier molecular flexibility index (Phi) is 1.71. The predicted octanol–water partition coefficient (Wildman–Crippen LogP) is 2.34. The highest BCUT2D eigenvalue weighted by Crippen LogP contribution is 2.45. The molecule has 0 spiro atoms. The van der Waals surface area contributed by atoms with E-state index >= 15 is 0 Å². The van der Waals surface area contributed by atoms with Crippen LogP contribution in [0.15, 0.2) is 0 Å². The lowest BCUT2D eigenvalue weighted by Gasteiger charge is -2.45. The van der Waals surface area contributed by atoms with E-state index in [1.54, 1.807) is 0 Å². The molecule has 2 aliphatic carbocycles. The Morgan fingerprint density at radius 2 is 2.09 bits per heavy atom. The summed E-state index contributed by atoms with van der Waals surface area (Å²) in [7, 11) is 0. The third-order valence-corrected chi connectivity index (χ3v) is 3.79. The van der Waals surface area contributed by atoms with Crippen molar-refractivity contribution < 1.29 is 5.11 Å². The van der Waals surface area contributed by atoms with Crippen molar-refractivity contribution in [3.8, 4) is 0 Å². The van der Waals surface area contributed by atoms with Crippen LogP contribution >= 0.6 is 0 Å². The van der Waals surface area contributed by atoms with Gasteiger partial charge in [0.2, 0.25) is 0 Å². The highest BCUT2D eigenvalue weighted by molar-refractivity contribution is 4.94. The third-order valence-electron chi connectivity index (χ3n) is 3.79. The second-order valence-corrected chi connectivity index (χ2v) is 4.54. The van der Waals surface area contributed by atoms with Gasteiger partial charge in [0.1, 0.15) is 0 Å². The molecule has 0 amide bonds. The van der Waals surface area contributed by atoms with Crippen LogP contribution < -0.4 is 0 Å². The van der Waals surface area contributed by atoms with Crippen LogP contribution in [0.4, 0.5) is 0 Å². The summed E-state index contributed by atoms with van der Waals surface area (Å²) < 4.78 is 0. The van der Waals surface area contributed by atoms with Gasteiger partial charge in [-0.3, -0.25) is 0 Å². The van der Waals surface area contributed by atoms with E-state index in [-0.39, 0.29) is 5.60 Å². The van der Waals surface area contributed by atoms with Crippen molar-refractivity contribution in [2.45, 2.75) is 51.0 Å². The van der Waals surface area contributed by atoms with Gasteiger partial charge in [0.25, 0.3) is 0 Å². The maximum Gasteiger partial charge on any atom is 0.0675 e. The van der Waals surface area contributed by atoms with Crippen molar-refractivity contribution in [2.24, 2.45) is 11.8 Å². The Hall–Kier alpha value is -0.0400. The van der Waals surface area contributed by atoms with E-state index in [0.29, 0.717) is 5.92 Å². The predicted molar refractivity (Wildman–Crippen MR) is 45.3 cm³/mol. The third kappa shape index (κ3) is 1.20. The number of fused-ring (bicyclic) bond motifs is 2. The smallest absolute Gasteiger partial charge is 0.0675 e. The Bertz CT molecular complexity index is 155. The largest absolute Gasteiger partial charge is 0.390 e. The molecule has 0 aromatic heterocycles. The molecule has 2 fully saturated rings. The second-order valence-electron chi connectivity index (χ2n) is 4.54. The minimum absolute atomic E-state index is 0.263. The van der Waals surface area contributed by atoms with Crippen molar-refractivity contribution in [2.75, 3.05) is 0 Å². The van der Waals surface area contributed by atoms with Gasteiger partial charge in [0, 0.05) is 0 Å². The molecule has 1 heteroatoms. The molecule has 2 bridgehead atoms. The Morgan fingerprint density at radius 1 is 1.27 bits per heavy atom. The van der Waals surface area contributed by atoms with Crippen molar-refractivity contribution in [1.29, 1.82) is 0 Å². The highest BCUT2D eigenvalue weighted by Gasteiger charge is 2.42. The first kappa shape index (κ1) is 7.60. The molecule has 0 aliphatic heterocycles. The van der Waals surface area contributed by atoms with E-state index in [4.69, 9.17) is 0 Å². The van der Waals surface area contributed by atoms with Gasteiger partial charge in [0.05, 0.1) is 5.60 Å². The maximum atomic E-state index is 10.2. The maximum absolute atomic E-state index is 10.2. The monoisotopic (exact) mass is 154 g/mol. The van der Waals surface area contributed by atoms with Crippen molar-refractivity contribution in [3.63, 3.8) is 0 Å². The molecule has 1 unspecified atom stereocenters. The molecule has 2 saturated carbocycles. The SMILES string of the molecule is CC1CC[C@@H]2CCC[C@@]1(O)C2. The number of rotatable bonds is 0. The van der Waals surface area contributed by atoms with E-state index in [1.165, 1.54) is 25.7 Å². The van der Waals surface area contributed by atoms with Crippen LogP contribution in [0.5, 0.6) is 0 Å². The normalized spacial score (nSPS) is 50.7. The first-order valence-electron chi connectivity index (χ1n) is 4.93. The number of aliphatic hydroxyl groups is 1. The Labute approximate surface area is 68.8 Å². The molecule has 2 rings (SSSR count). The van der Waals surface area contributed by atoms with Gasteiger partial charge in [-0.15, -0.1) is 0 Å². The summed E-state index contributed by atoms with van der Waals surface area (Å²) in [6, 6.07) is 0. The van der Waals surface area contributed by atoms with E-state index < -0.39 is 0 Å². The van der Waals surface area contributed by atoms with Crippen LogP contribution in [0.25, 0.3) is 0 Å². The topological polar surface area (TPSA) is 20.2 Å². The zero-order valence-electron chi connectivity index (χ0n) is 7.34. The van der Waals surface area contributed by atoms with E-state index in [9.17, 15) is 5.11 Å². The molecule has 2 aliphatic rings. The van der Waals surface area contributed by atoms with Crippen LogP contribution in [-0.4, -0.2) is 10.7 Å². The number of hydrogen-bond acceptors (Lipinski definition) is 1. The van der Waals surface area contributed by atoms with E-state index in [0.717, 1.165) is 18.8 Å². The summed E-state index contributed by atoms with van der Waals surface area (Å²) >= 11 is 0. The molecule has 64 valence electrons.